The van der Waals surface area contributed by atoms with Crippen LogP contribution in [0.1, 0.15) is 11.3 Å². The molecule has 0 saturated carbocycles. The molecule has 2 aromatic rings. The van der Waals surface area contributed by atoms with Crippen LogP contribution in [-0.4, -0.2) is 38.7 Å². The van der Waals surface area contributed by atoms with Crippen molar-refractivity contribution < 1.29 is 0 Å². The fraction of sp³-hybridized carbons (Fsp3) is 0.389. The zero-order chi connectivity index (χ0) is 16.8. The molecule has 1 unspecified atom stereocenters. The second-order valence-corrected chi connectivity index (χ2v) is 7.67. The van der Waals surface area contributed by atoms with Gasteiger partial charge in [-0.25, -0.2) is 0 Å². The van der Waals surface area contributed by atoms with Gasteiger partial charge in [0.1, 0.15) is 0 Å². The van der Waals surface area contributed by atoms with E-state index in [1.807, 2.05) is 13.1 Å². The normalized spacial score (nSPS) is 17.3. The molecule has 1 saturated heterocycles. The number of thiophene rings is 1. The van der Waals surface area contributed by atoms with E-state index in [-0.39, 0.29) is 24.0 Å². The summed E-state index contributed by atoms with van der Waals surface area (Å²) >= 11 is 7.60. The van der Waals surface area contributed by atoms with Crippen LogP contribution >= 0.6 is 46.9 Å². The molecule has 1 aromatic heterocycles. The molecule has 2 heterocycles. The lowest BCUT2D eigenvalue weighted by molar-refractivity contribution is 0.648. The lowest BCUT2D eigenvalue weighted by atomic mass is 10.2. The maximum absolute atomic E-state index is 5.96. The first-order valence-electron chi connectivity index (χ1n) is 8.26. The van der Waals surface area contributed by atoms with E-state index < -0.39 is 0 Å². The van der Waals surface area contributed by atoms with Gasteiger partial charge in [-0.1, -0.05) is 29.8 Å². The minimum absolute atomic E-state index is 0. The highest BCUT2D eigenvalue weighted by Gasteiger charge is 2.23. The summed E-state index contributed by atoms with van der Waals surface area (Å²) in [5, 5.41) is 6.92. The Morgan fingerprint density at radius 3 is 2.76 bits per heavy atom. The van der Waals surface area contributed by atoms with E-state index in [9.17, 15) is 0 Å². The van der Waals surface area contributed by atoms with E-state index in [1.54, 1.807) is 11.3 Å². The Bertz CT molecular complexity index is 677. The Morgan fingerprint density at radius 2 is 2.08 bits per heavy atom. The predicted octanol–water partition coefficient (Wildman–Crippen LogP) is 4.01. The van der Waals surface area contributed by atoms with Gasteiger partial charge in [-0.05, 0) is 37.1 Å². The molecular formula is C18H24ClIN4S. The third-order valence-electron chi connectivity index (χ3n) is 4.17. The number of aliphatic imine (C=N–C) groups is 1. The van der Waals surface area contributed by atoms with Crippen molar-refractivity contribution in [2.24, 2.45) is 4.99 Å². The SMILES string of the molecule is CN=C(NCCc1ccc(Cl)s1)NC1CCN(c2ccccc2)C1.I. The van der Waals surface area contributed by atoms with Crippen molar-refractivity contribution in [1.29, 1.82) is 0 Å². The van der Waals surface area contributed by atoms with Gasteiger partial charge in [0.25, 0.3) is 0 Å². The average Bonchev–Trinajstić information content (AvgIpc) is 3.24. The molecule has 25 heavy (non-hydrogen) atoms. The van der Waals surface area contributed by atoms with E-state index in [0.29, 0.717) is 6.04 Å². The Hall–Kier alpha value is -0.990. The van der Waals surface area contributed by atoms with Gasteiger partial charge in [0.2, 0.25) is 0 Å². The molecular weight excluding hydrogens is 467 g/mol. The van der Waals surface area contributed by atoms with E-state index in [1.165, 1.54) is 10.6 Å². The summed E-state index contributed by atoms with van der Waals surface area (Å²) in [6.07, 6.45) is 2.08. The zero-order valence-corrected chi connectivity index (χ0v) is 18.1. The number of hydrogen-bond acceptors (Lipinski definition) is 3. The van der Waals surface area contributed by atoms with Crippen molar-refractivity contribution >= 4 is 58.6 Å². The van der Waals surface area contributed by atoms with Crippen molar-refractivity contribution in [2.45, 2.75) is 18.9 Å². The molecule has 1 atom stereocenters. The van der Waals surface area contributed by atoms with Crippen molar-refractivity contribution in [3.8, 4) is 0 Å². The monoisotopic (exact) mass is 490 g/mol. The number of halogens is 2. The molecule has 3 rings (SSSR count). The number of para-hydroxylation sites is 1. The second-order valence-electron chi connectivity index (χ2n) is 5.87. The molecule has 4 nitrogen and oxygen atoms in total. The molecule has 7 heteroatoms. The number of rotatable bonds is 5. The maximum atomic E-state index is 5.96. The Balaban J connectivity index is 0.00000225. The van der Waals surface area contributed by atoms with Crippen LogP contribution in [0.2, 0.25) is 4.34 Å². The fourth-order valence-electron chi connectivity index (χ4n) is 2.93. The van der Waals surface area contributed by atoms with Crippen molar-refractivity contribution in [1.82, 2.24) is 10.6 Å². The Labute approximate surface area is 175 Å². The molecule has 1 aromatic carbocycles. The molecule has 0 bridgehead atoms. The summed E-state index contributed by atoms with van der Waals surface area (Å²) in [6, 6.07) is 15.0. The molecule has 0 aliphatic carbocycles. The van der Waals surface area contributed by atoms with Crippen LogP contribution in [0.15, 0.2) is 47.5 Å². The quantitative estimate of drug-likeness (QED) is 0.378. The number of nitrogens with zero attached hydrogens (tertiary/aromatic N) is 2. The van der Waals surface area contributed by atoms with Crippen LogP contribution in [0.3, 0.4) is 0 Å². The minimum atomic E-state index is 0. The standard InChI is InChI=1S/C18H23ClN4S.HI/c1-20-18(21-11-9-16-7-8-17(19)24-16)22-14-10-12-23(13-14)15-5-3-2-4-6-15;/h2-8,14H,9-13H2,1H3,(H2,20,21,22);1H. The maximum Gasteiger partial charge on any atom is 0.191 e. The number of hydrogen-bond donors (Lipinski definition) is 2. The third kappa shape index (κ3) is 6.04. The largest absolute Gasteiger partial charge is 0.369 e. The summed E-state index contributed by atoms with van der Waals surface area (Å²) in [7, 11) is 1.82. The van der Waals surface area contributed by atoms with Crippen molar-refractivity contribution in [2.75, 3.05) is 31.6 Å². The average molecular weight is 491 g/mol. The smallest absolute Gasteiger partial charge is 0.191 e. The van der Waals surface area contributed by atoms with Gasteiger partial charge in [0, 0.05) is 43.3 Å². The second kappa shape index (κ2) is 10.2. The number of nitrogens with one attached hydrogen (secondary N) is 2. The van der Waals surface area contributed by atoms with Gasteiger partial charge in [0.15, 0.2) is 5.96 Å². The third-order valence-corrected chi connectivity index (χ3v) is 5.46. The van der Waals surface area contributed by atoms with Crippen molar-refractivity contribution in [3.05, 3.63) is 51.7 Å². The van der Waals surface area contributed by atoms with Crippen LogP contribution in [-0.2, 0) is 6.42 Å². The molecule has 136 valence electrons. The lowest BCUT2D eigenvalue weighted by Gasteiger charge is -2.20. The van der Waals surface area contributed by atoms with Gasteiger partial charge in [-0.3, -0.25) is 4.99 Å². The van der Waals surface area contributed by atoms with Crippen LogP contribution in [0.4, 0.5) is 5.69 Å². The molecule has 1 aliphatic rings. The van der Waals surface area contributed by atoms with E-state index in [4.69, 9.17) is 11.6 Å². The first-order chi connectivity index (χ1) is 11.7. The first-order valence-corrected chi connectivity index (χ1v) is 9.45. The number of benzene rings is 1. The number of anilines is 1. The summed E-state index contributed by atoms with van der Waals surface area (Å²) in [4.78, 5) is 8.05. The van der Waals surface area contributed by atoms with E-state index >= 15 is 0 Å². The summed E-state index contributed by atoms with van der Waals surface area (Å²) in [5.74, 6) is 0.873. The molecule has 1 aliphatic heterocycles. The highest BCUT2D eigenvalue weighted by Crippen LogP contribution is 2.21. The molecule has 2 N–H and O–H groups in total. The van der Waals surface area contributed by atoms with E-state index in [0.717, 1.165) is 42.8 Å². The first kappa shape index (κ1) is 20.3. The summed E-state index contributed by atoms with van der Waals surface area (Å²) < 4.78 is 0.847. The molecule has 1 fully saturated rings. The highest BCUT2D eigenvalue weighted by molar-refractivity contribution is 14.0. The molecule has 0 spiro atoms. The predicted molar refractivity (Wildman–Crippen MR) is 120 cm³/mol. The number of guanidine groups is 1. The summed E-state index contributed by atoms with van der Waals surface area (Å²) in [6.45, 7) is 2.93. The van der Waals surface area contributed by atoms with Crippen LogP contribution in [0, 0.1) is 0 Å². The van der Waals surface area contributed by atoms with Crippen LogP contribution in [0.5, 0.6) is 0 Å². The van der Waals surface area contributed by atoms with E-state index in [2.05, 4.69) is 56.9 Å². The zero-order valence-electron chi connectivity index (χ0n) is 14.2. The molecule has 0 radical (unpaired) electrons. The fourth-order valence-corrected chi connectivity index (χ4v) is 4.02. The van der Waals surface area contributed by atoms with Crippen LogP contribution in [0.25, 0.3) is 0 Å². The minimum Gasteiger partial charge on any atom is -0.369 e. The summed E-state index contributed by atoms with van der Waals surface area (Å²) in [5.41, 5.74) is 1.29. The Morgan fingerprint density at radius 1 is 1.28 bits per heavy atom. The topological polar surface area (TPSA) is 39.7 Å². The van der Waals surface area contributed by atoms with Crippen LogP contribution < -0.4 is 15.5 Å². The van der Waals surface area contributed by atoms with Gasteiger partial charge < -0.3 is 15.5 Å². The Kier molecular flexibility index (Phi) is 8.32. The van der Waals surface area contributed by atoms with Gasteiger partial charge in [-0.2, -0.15) is 0 Å². The lowest BCUT2D eigenvalue weighted by Crippen LogP contribution is -2.45. The van der Waals surface area contributed by atoms with Gasteiger partial charge >= 0.3 is 0 Å². The highest BCUT2D eigenvalue weighted by atomic mass is 127. The van der Waals surface area contributed by atoms with Gasteiger partial charge in [-0.15, -0.1) is 35.3 Å². The molecule has 0 amide bonds. The van der Waals surface area contributed by atoms with Gasteiger partial charge in [0.05, 0.1) is 4.34 Å². The van der Waals surface area contributed by atoms with Crippen molar-refractivity contribution in [3.63, 3.8) is 0 Å².